The fourth-order valence-corrected chi connectivity index (χ4v) is 2.23. The zero-order valence-electron chi connectivity index (χ0n) is 12.1. The van der Waals surface area contributed by atoms with Gasteiger partial charge in [-0.3, -0.25) is 9.59 Å². The first-order valence-electron chi connectivity index (χ1n) is 6.42. The van der Waals surface area contributed by atoms with Crippen LogP contribution in [-0.4, -0.2) is 40.8 Å². The van der Waals surface area contributed by atoms with E-state index < -0.39 is 23.2 Å². The van der Waals surface area contributed by atoms with Crippen molar-refractivity contribution in [3.63, 3.8) is 0 Å². The maximum Gasteiger partial charge on any atom is 0.317 e. The van der Waals surface area contributed by atoms with Crippen LogP contribution >= 0.6 is 0 Å². The number of hydrogen-bond acceptors (Lipinski definition) is 4. The van der Waals surface area contributed by atoms with Gasteiger partial charge in [-0.2, -0.15) is 0 Å². The molecule has 1 aliphatic heterocycles. The Bertz CT molecular complexity index is 385. The Morgan fingerprint density at radius 3 is 2.58 bits per heavy atom. The normalized spacial score (nSPS) is 27.5. The van der Waals surface area contributed by atoms with Gasteiger partial charge in [0.05, 0.1) is 0 Å². The number of likely N-dealkylation sites (tertiary alicyclic amines) is 1. The molecule has 1 fully saturated rings. The number of hydrogen-bond donors (Lipinski definition) is 1. The maximum absolute atomic E-state index is 12.4. The predicted molar refractivity (Wildman–Crippen MR) is 71.1 cm³/mol. The van der Waals surface area contributed by atoms with E-state index in [1.54, 1.807) is 26.8 Å². The van der Waals surface area contributed by atoms with E-state index >= 15 is 0 Å². The van der Waals surface area contributed by atoms with Crippen molar-refractivity contribution in [1.29, 1.82) is 0 Å². The smallest absolute Gasteiger partial charge is 0.317 e. The van der Waals surface area contributed by atoms with Crippen LogP contribution in [0.15, 0.2) is 12.7 Å². The van der Waals surface area contributed by atoms with Crippen LogP contribution in [0.1, 0.15) is 40.0 Å². The Kier molecular flexibility index (Phi) is 4.40. The van der Waals surface area contributed by atoms with Crippen molar-refractivity contribution in [2.75, 3.05) is 7.05 Å². The van der Waals surface area contributed by atoms with E-state index in [0.717, 1.165) is 0 Å². The molecule has 2 atom stereocenters. The van der Waals surface area contributed by atoms with Gasteiger partial charge >= 0.3 is 5.97 Å². The molecule has 0 aromatic rings. The molecule has 5 nitrogen and oxygen atoms in total. The van der Waals surface area contributed by atoms with E-state index in [1.807, 2.05) is 0 Å². The number of nitrogens with zero attached hydrogens (tertiary/aromatic N) is 1. The van der Waals surface area contributed by atoms with E-state index in [1.165, 1.54) is 11.9 Å². The van der Waals surface area contributed by atoms with Crippen LogP contribution in [0, 0.1) is 5.41 Å². The van der Waals surface area contributed by atoms with Crippen molar-refractivity contribution in [3.05, 3.63) is 12.7 Å². The molecule has 0 aliphatic carbocycles. The molecule has 0 aromatic carbocycles. The SMILES string of the molecule is C=CCCC1(C(=O)OC(C)(C)C)CC(=O)N(C)C1O. The first kappa shape index (κ1) is 15.7. The molecule has 0 bridgehead atoms. The van der Waals surface area contributed by atoms with Crippen LogP contribution in [0.3, 0.4) is 0 Å². The monoisotopic (exact) mass is 269 g/mol. The average molecular weight is 269 g/mol. The minimum absolute atomic E-state index is 0.0204. The number of amides is 1. The Labute approximate surface area is 114 Å². The summed E-state index contributed by atoms with van der Waals surface area (Å²) in [5, 5.41) is 10.2. The molecule has 0 aromatic heterocycles. The highest BCUT2D eigenvalue weighted by Crippen LogP contribution is 2.42. The number of aliphatic hydroxyl groups is 1. The van der Waals surface area contributed by atoms with Crippen molar-refractivity contribution in [1.82, 2.24) is 4.90 Å². The van der Waals surface area contributed by atoms with E-state index in [2.05, 4.69) is 6.58 Å². The summed E-state index contributed by atoms with van der Waals surface area (Å²) in [6.07, 6.45) is 1.39. The summed E-state index contributed by atoms with van der Waals surface area (Å²) in [5.74, 6) is -0.769. The number of carbonyl (C=O) groups excluding carboxylic acids is 2. The summed E-state index contributed by atoms with van der Waals surface area (Å²) < 4.78 is 5.38. The molecular weight excluding hydrogens is 246 g/mol. The lowest BCUT2D eigenvalue weighted by Gasteiger charge is -2.33. The molecule has 1 aliphatic rings. The third-order valence-corrected chi connectivity index (χ3v) is 3.32. The van der Waals surface area contributed by atoms with Crippen molar-refractivity contribution >= 4 is 11.9 Å². The topological polar surface area (TPSA) is 66.8 Å². The molecule has 1 heterocycles. The Morgan fingerprint density at radius 2 is 2.21 bits per heavy atom. The van der Waals surface area contributed by atoms with Gasteiger partial charge in [0.15, 0.2) is 0 Å². The zero-order valence-corrected chi connectivity index (χ0v) is 12.1. The van der Waals surface area contributed by atoms with Crippen LogP contribution in [0.2, 0.25) is 0 Å². The third-order valence-electron chi connectivity index (χ3n) is 3.32. The first-order chi connectivity index (χ1) is 8.64. The van der Waals surface area contributed by atoms with Crippen molar-refractivity contribution in [2.45, 2.75) is 51.9 Å². The minimum Gasteiger partial charge on any atom is -0.459 e. The summed E-state index contributed by atoms with van der Waals surface area (Å²) in [6.45, 7) is 8.91. The van der Waals surface area contributed by atoms with Crippen molar-refractivity contribution < 1.29 is 19.4 Å². The Morgan fingerprint density at radius 1 is 1.63 bits per heavy atom. The fourth-order valence-electron chi connectivity index (χ4n) is 2.23. The minimum atomic E-state index is -1.19. The predicted octanol–water partition coefficient (Wildman–Crippen LogP) is 1.46. The van der Waals surface area contributed by atoms with Crippen LogP contribution in [-0.2, 0) is 14.3 Å². The molecule has 108 valence electrons. The summed E-state index contributed by atoms with van der Waals surface area (Å²) in [5.41, 5.74) is -1.84. The second-order valence-corrected chi connectivity index (χ2v) is 6.04. The van der Waals surface area contributed by atoms with Crippen LogP contribution in [0.25, 0.3) is 0 Å². The van der Waals surface area contributed by atoms with Crippen molar-refractivity contribution in [2.24, 2.45) is 5.41 Å². The molecule has 1 N–H and O–H groups in total. The van der Waals surface area contributed by atoms with E-state index in [0.29, 0.717) is 12.8 Å². The molecule has 0 spiro atoms. The summed E-state index contributed by atoms with van der Waals surface area (Å²) in [7, 11) is 1.49. The van der Waals surface area contributed by atoms with Gasteiger partial charge in [-0.15, -0.1) is 6.58 Å². The average Bonchev–Trinajstić information content (AvgIpc) is 2.50. The van der Waals surface area contributed by atoms with E-state index in [9.17, 15) is 14.7 Å². The van der Waals surface area contributed by atoms with Gasteiger partial charge in [0.1, 0.15) is 17.2 Å². The van der Waals surface area contributed by atoms with Crippen LogP contribution in [0.4, 0.5) is 0 Å². The Balaban J connectivity index is 3.04. The van der Waals surface area contributed by atoms with Gasteiger partial charge in [-0.05, 0) is 33.6 Å². The van der Waals surface area contributed by atoms with Gasteiger partial charge in [0, 0.05) is 13.5 Å². The van der Waals surface area contributed by atoms with Gasteiger partial charge < -0.3 is 14.7 Å². The number of esters is 1. The highest BCUT2D eigenvalue weighted by atomic mass is 16.6. The number of ether oxygens (including phenoxy) is 1. The summed E-state index contributed by atoms with van der Waals surface area (Å²) in [4.78, 5) is 25.4. The van der Waals surface area contributed by atoms with E-state index in [4.69, 9.17) is 4.74 Å². The summed E-state index contributed by atoms with van der Waals surface area (Å²) in [6, 6.07) is 0. The lowest BCUT2D eigenvalue weighted by atomic mass is 9.80. The number of rotatable bonds is 4. The Hall–Kier alpha value is -1.36. The number of allylic oxidation sites excluding steroid dienone is 1. The van der Waals surface area contributed by atoms with E-state index in [-0.39, 0.29) is 12.3 Å². The van der Waals surface area contributed by atoms with Crippen molar-refractivity contribution in [3.8, 4) is 0 Å². The highest BCUT2D eigenvalue weighted by Gasteiger charge is 2.56. The molecule has 0 saturated carbocycles. The number of carbonyl (C=O) groups is 2. The lowest BCUT2D eigenvalue weighted by molar-refractivity contribution is -0.177. The number of aliphatic hydroxyl groups excluding tert-OH is 1. The third kappa shape index (κ3) is 3.15. The largest absolute Gasteiger partial charge is 0.459 e. The van der Waals surface area contributed by atoms with Gasteiger partial charge in [0.25, 0.3) is 0 Å². The quantitative estimate of drug-likeness (QED) is 0.620. The molecule has 2 unspecified atom stereocenters. The zero-order chi connectivity index (χ0) is 14.8. The molecule has 0 radical (unpaired) electrons. The van der Waals surface area contributed by atoms with Gasteiger partial charge in [-0.1, -0.05) is 6.08 Å². The lowest BCUT2D eigenvalue weighted by Crippen LogP contribution is -2.46. The van der Waals surface area contributed by atoms with Crippen LogP contribution in [0.5, 0.6) is 0 Å². The molecule has 1 amide bonds. The molecule has 1 saturated heterocycles. The standard InChI is InChI=1S/C14H23NO4/c1-6-7-8-14(12(18)19-13(2,3)4)9-10(16)15(5)11(14)17/h6,11,17H,1,7-9H2,2-5H3. The maximum atomic E-state index is 12.4. The molecular formula is C14H23NO4. The second kappa shape index (κ2) is 5.33. The molecule has 19 heavy (non-hydrogen) atoms. The van der Waals surface area contributed by atoms with Gasteiger partial charge in [-0.25, -0.2) is 0 Å². The fraction of sp³-hybridized carbons (Fsp3) is 0.714. The molecule has 5 heteroatoms. The molecule has 1 rings (SSSR count). The van der Waals surface area contributed by atoms with Gasteiger partial charge in [0.2, 0.25) is 5.91 Å². The summed E-state index contributed by atoms with van der Waals surface area (Å²) >= 11 is 0. The van der Waals surface area contributed by atoms with Crippen LogP contribution < -0.4 is 0 Å². The first-order valence-corrected chi connectivity index (χ1v) is 6.42. The highest BCUT2D eigenvalue weighted by molar-refractivity contribution is 5.90. The second-order valence-electron chi connectivity index (χ2n) is 6.04.